The van der Waals surface area contributed by atoms with E-state index in [4.69, 9.17) is 0 Å². The molecule has 160 valence electrons. The van der Waals surface area contributed by atoms with E-state index in [1.54, 1.807) is 0 Å². The predicted octanol–water partition coefficient (Wildman–Crippen LogP) is 6.94. The summed E-state index contributed by atoms with van der Waals surface area (Å²) in [4.78, 5) is 0. The summed E-state index contributed by atoms with van der Waals surface area (Å²) in [6.45, 7) is 0. The van der Waals surface area contributed by atoms with Gasteiger partial charge in [-0.3, -0.25) is 0 Å². The van der Waals surface area contributed by atoms with Crippen LogP contribution in [0.4, 0.5) is 0 Å². The molecular formula is C26H24Br2FeP2. The molecule has 0 saturated carbocycles. The summed E-state index contributed by atoms with van der Waals surface area (Å²) in [6.07, 6.45) is 2.41. The molecule has 0 aliphatic rings. The Morgan fingerprint density at radius 3 is 0.806 bits per heavy atom. The molecule has 0 aromatic heterocycles. The van der Waals surface area contributed by atoms with E-state index < -0.39 is 0 Å². The molecule has 0 nitrogen and oxygen atoms in total. The monoisotopic (exact) mass is 612 g/mol. The van der Waals surface area contributed by atoms with Gasteiger partial charge in [0.1, 0.15) is 0 Å². The van der Waals surface area contributed by atoms with Crippen molar-refractivity contribution in [1.82, 2.24) is 0 Å². The molecule has 0 atom stereocenters. The molecule has 0 bridgehead atoms. The molecule has 4 aromatic carbocycles. The number of halogens is 2. The molecule has 0 fully saturated rings. The van der Waals surface area contributed by atoms with Gasteiger partial charge in [-0.15, -0.1) is 0 Å². The van der Waals surface area contributed by atoms with E-state index in [1.165, 1.54) is 33.5 Å². The molecule has 4 aromatic rings. The van der Waals surface area contributed by atoms with Gasteiger partial charge in [-0.1, -0.05) is 121 Å². The van der Waals surface area contributed by atoms with Crippen molar-refractivity contribution >= 4 is 65.3 Å². The zero-order chi connectivity index (χ0) is 21.7. The van der Waals surface area contributed by atoms with E-state index in [9.17, 15) is 0 Å². The maximum Gasteiger partial charge on any atom is -0.0195 e. The fourth-order valence-corrected chi connectivity index (χ4v) is 8.80. The van der Waals surface area contributed by atoms with Crippen LogP contribution in [0.3, 0.4) is 0 Å². The summed E-state index contributed by atoms with van der Waals surface area (Å²) < 4.78 is 0. The molecule has 0 heterocycles. The fourth-order valence-electron chi connectivity index (χ4n) is 3.45. The van der Waals surface area contributed by atoms with E-state index in [0.717, 1.165) is 11.3 Å². The van der Waals surface area contributed by atoms with Crippen LogP contribution in [-0.2, 0) is 11.3 Å². The van der Waals surface area contributed by atoms with Crippen LogP contribution in [0.5, 0.6) is 0 Å². The number of rotatable bonds is 7. The quantitative estimate of drug-likeness (QED) is 0.156. The van der Waals surface area contributed by atoms with E-state index in [2.05, 4.69) is 150 Å². The van der Waals surface area contributed by atoms with Crippen LogP contribution in [0.1, 0.15) is 0 Å². The first-order chi connectivity index (χ1) is 15.3. The minimum Gasteiger partial charge on any atom is -0.0622 e. The van der Waals surface area contributed by atoms with E-state index in [1.807, 2.05) is 0 Å². The molecule has 0 unspecified atom stereocenters. The second kappa shape index (κ2) is 14.4. The largest absolute Gasteiger partial charge is 0.0622 e. The van der Waals surface area contributed by atoms with Crippen molar-refractivity contribution in [3.05, 3.63) is 121 Å². The van der Waals surface area contributed by atoms with Crippen molar-refractivity contribution in [1.29, 1.82) is 0 Å². The standard InChI is InChI=1S/C26H24P2.2BrH.Fe/c1-5-13-23(14-6-1)27(24-15-7-2-8-16-24)21-22-28(25-17-9-3-10-18-25)26-19-11-4-12-20-26;;;/h1-20H,21-22H2;2*1H;/q;;;+2/p-2. The summed E-state index contributed by atoms with van der Waals surface area (Å²) in [6, 6.07) is 44.2. The van der Waals surface area contributed by atoms with Gasteiger partial charge >= 0.3 is 39.6 Å². The van der Waals surface area contributed by atoms with Crippen LogP contribution in [0.15, 0.2) is 121 Å². The van der Waals surface area contributed by atoms with Gasteiger partial charge in [0.2, 0.25) is 0 Å². The first-order valence-corrected chi connectivity index (χ1v) is 18.4. The molecule has 0 amide bonds. The Balaban J connectivity index is 0.000000858. The number of hydrogen-bond acceptors (Lipinski definition) is 0. The molecule has 5 heteroatoms. The SMILES string of the molecule is [Br][Fe][Br].c1ccc(P(CCP(c2ccccc2)c2ccccc2)c2ccccc2)cc1. The molecule has 0 radical (unpaired) electrons. The molecule has 0 saturated heterocycles. The van der Waals surface area contributed by atoms with Crippen molar-refractivity contribution in [2.45, 2.75) is 0 Å². The second-order valence-electron chi connectivity index (χ2n) is 6.70. The Bertz CT molecular complexity index is 825. The van der Waals surface area contributed by atoms with Crippen molar-refractivity contribution in [3.63, 3.8) is 0 Å². The van der Waals surface area contributed by atoms with Gasteiger partial charge in [-0.25, -0.2) is 0 Å². The summed E-state index contributed by atoms with van der Waals surface area (Å²) in [5.74, 6) is 0. The number of hydrogen-bond donors (Lipinski definition) is 0. The van der Waals surface area contributed by atoms with Gasteiger partial charge < -0.3 is 0 Å². The zero-order valence-corrected chi connectivity index (χ0v) is 23.0. The van der Waals surface area contributed by atoms with Gasteiger partial charge in [0.25, 0.3) is 0 Å². The van der Waals surface area contributed by atoms with Gasteiger partial charge in [-0.05, 0) is 49.4 Å². The van der Waals surface area contributed by atoms with Gasteiger partial charge in [0, 0.05) is 0 Å². The van der Waals surface area contributed by atoms with E-state index in [-0.39, 0.29) is 15.8 Å². The second-order valence-corrected chi connectivity index (χ2v) is 16.9. The smallest absolute Gasteiger partial charge is 0.0195 e. The van der Waals surface area contributed by atoms with Crippen molar-refractivity contribution < 1.29 is 11.3 Å². The average molecular weight is 614 g/mol. The van der Waals surface area contributed by atoms with Gasteiger partial charge in [-0.2, -0.15) is 0 Å². The van der Waals surface area contributed by atoms with Gasteiger partial charge in [0.05, 0.1) is 0 Å². The molecule has 0 spiro atoms. The third-order valence-corrected chi connectivity index (χ3v) is 10.2. The number of benzene rings is 4. The first kappa shape index (κ1) is 24.9. The normalized spacial score (nSPS) is 10.7. The first-order valence-electron chi connectivity index (χ1n) is 9.94. The van der Waals surface area contributed by atoms with Crippen LogP contribution < -0.4 is 21.2 Å². The van der Waals surface area contributed by atoms with Crippen LogP contribution in [0, 0.1) is 0 Å². The van der Waals surface area contributed by atoms with Crippen LogP contribution in [0.25, 0.3) is 0 Å². The zero-order valence-electron chi connectivity index (χ0n) is 17.0. The topological polar surface area (TPSA) is 0 Å². The third-order valence-electron chi connectivity index (χ3n) is 4.82. The molecule has 0 aliphatic heterocycles. The van der Waals surface area contributed by atoms with E-state index >= 15 is 0 Å². The van der Waals surface area contributed by atoms with Crippen molar-refractivity contribution in [3.8, 4) is 0 Å². The molecule has 0 aliphatic carbocycles. The molecule has 4 rings (SSSR count). The maximum absolute atomic E-state index is 3.06. The minimum atomic E-state index is -0.348. The van der Waals surface area contributed by atoms with Crippen LogP contribution in [0.2, 0.25) is 0 Å². The minimum absolute atomic E-state index is 0.348. The Morgan fingerprint density at radius 1 is 0.419 bits per heavy atom. The third kappa shape index (κ3) is 7.94. The summed E-state index contributed by atoms with van der Waals surface area (Å²) >= 11 is 7.00. The van der Waals surface area contributed by atoms with Crippen molar-refractivity contribution in [2.75, 3.05) is 12.3 Å². The summed E-state index contributed by atoms with van der Waals surface area (Å²) in [5.41, 5.74) is 0. The van der Waals surface area contributed by atoms with Crippen LogP contribution >= 0.6 is 44.1 Å². The Morgan fingerprint density at radius 2 is 0.613 bits per heavy atom. The van der Waals surface area contributed by atoms with E-state index in [0.29, 0.717) is 0 Å². The predicted molar refractivity (Wildman–Crippen MR) is 146 cm³/mol. The summed E-state index contributed by atoms with van der Waals surface area (Å²) in [5, 5.41) is 5.89. The Labute approximate surface area is 208 Å². The van der Waals surface area contributed by atoms with Gasteiger partial charge in [0.15, 0.2) is 0 Å². The van der Waals surface area contributed by atoms with Crippen LogP contribution in [-0.4, -0.2) is 12.3 Å². The summed E-state index contributed by atoms with van der Waals surface area (Å²) in [7, 11) is -0.696. The Hall–Kier alpha value is -0.781. The Kier molecular flexibility index (Phi) is 11.5. The fraction of sp³-hybridized carbons (Fsp3) is 0.0769. The average Bonchev–Trinajstić information content (AvgIpc) is 2.85. The molecule has 0 N–H and O–H groups in total. The maximum atomic E-state index is 3.06. The molecular weight excluding hydrogens is 590 g/mol. The molecule has 31 heavy (non-hydrogen) atoms. The van der Waals surface area contributed by atoms with Crippen molar-refractivity contribution in [2.24, 2.45) is 0 Å².